The minimum Gasteiger partial charge on any atom is -0.456 e. The van der Waals surface area contributed by atoms with Crippen LogP contribution < -0.4 is 9.64 Å². The Morgan fingerprint density at radius 1 is 1.24 bits per heavy atom. The third kappa shape index (κ3) is 2.78. The second-order valence-electron chi connectivity index (χ2n) is 6.24. The number of nitrogens with zero attached hydrogens (tertiary/aromatic N) is 2. The van der Waals surface area contributed by atoms with Gasteiger partial charge in [0.2, 0.25) is 6.41 Å². The summed E-state index contributed by atoms with van der Waals surface area (Å²) in [4.78, 5) is 13.4. The van der Waals surface area contributed by atoms with Crippen molar-refractivity contribution in [2.24, 2.45) is 0 Å². The Bertz CT molecular complexity index is 875. The average Bonchev–Trinajstić information content (AvgIpc) is 3.17. The predicted octanol–water partition coefficient (Wildman–Crippen LogP) is 4.17. The van der Waals surface area contributed by atoms with Gasteiger partial charge in [-0.1, -0.05) is 18.2 Å². The number of hydrogen-bond acceptors (Lipinski definition) is 3. The lowest BCUT2D eigenvalue weighted by molar-refractivity contribution is -0.107. The molecule has 1 aliphatic rings. The van der Waals surface area contributed by atoms with Crippen LogP contribution in [-0.2, 0) is 11.2 Å². The summed E-state index contributed by atoms with van der Waals surface area (Å²) in [6.07, 6.45) is 6.32. The third-order valence-corrected chi connectivity index (χ3v) is 4.69. The molecule has 0 aliphatic carbocycles. The molecule has 0 bridgehead atoms. The van der Waals surface area contributed by atoms with E-state index in [2.05, 4.69) is 17.1 Å². The highest BCUT2D eigenvalue weighted by molar-refractivity contribution is 5.84. The standard InChI is InChI=1S/C20H19N3O2/c1-14-7-8-18-19(23(14)13-24)10-9-17(15-11-21-22-12-15)20(18)25-16-5-3-2-4-6-16/h2-6,9-14H,7-8H2,1H3,(H,21,22). The molecule has 25 heavy (non-hydrogen) atoms. The van der Waals surface area contributed by atoms with E-state index in [-0.39, 0.29) is 6.04 Å². The molecular weight excluding hydrogens is 314 g/mol. The lowest BCUT2D eigenvalue weighted by Crippen LogP contribution is -2.36. The molecule has 1 atom stereocenters. The predicted molar refractivity (Wildman–Crippen MR) is 96.9 cm³/mol. The summed E-state index contributed by atoms with van der Waals surface area (Å²) in [5.41, 5.74) is 3.92. The molecule has 1 amide bonds. The summed E-state index contributed by atoms with van der Waals surface area (Å²) >= 11 is 0. The van der Waals surface area contributed by atoms with Gasteiger partial charge in [-0.25, -0.2) is 0 Å². The van der Waals surface area contributed by atoms with Gasteiger partial charge in [-0.3, -0.25) is 9.89 Å². The van der Waals surface area contributed by atoms with E-state index in [1.165, 1.54) is 0 Å². The molecule has 2 heterocycles. The minimum absolute atomic E-state index is 0.189. The second kappa shape index (κ2) is 6.43. The van der Waals surface area contributed by atoms with Gasteiger partial charge >= 0.3 is 0 Å². The Morgan fingerprint density at radius 2 is 2.08 bits per heavy atom. The molecule has 0 radical (unpaired) electrons. The highest BCUT2D eigenvalue weighted by Gasteiger charge is 2.27. The SMILES string of the molecule is CC1CCc2c(ccc(-c3cn[nH]c3)c2Oc2ccccc2)N1C=O. The largest absolute Gasteiger partial charge is 0.456 e. The number of ether oxygens (including phenoxy) is 1. The van der Waals surface area contributed by atoms with Gasteiger partial charge in [0, 0.05) is 28.9 Å². The number of fused-ring (bicyclic) bond motifs is 1. The number of hydrogen-bond donors (Lipinski definition) is 1. The summed E-state index contributed by atoms with van der Waals surface area (Å²) < 4.78 is 6.28. The summed E-state index contributed by atoms with van der Waals surface area (Å²) in [7, 11) is 0. The van der Waals surface area contributed by atoms with Crippen LogP contribution >= 0.6 is 0 Å². The molecule has 4 rings (SSSR count). The molecule has 5 nitrogen and oxygen atoms in total. The summed E-state index contributed by atoms with van der Waals surface area (Å²) in [5.74, 6) is 1.57. The van der Waals surface area contributed by atoms with Crippen molar-refractivity contribution in [2.75, 3.05) is 4.90 Å². The molecule has 0 saturated heterocycles. The fraction of sp³-hybridized carbons (Fsp3) is 0.200. The Hall–Kier alpha value is -3.08. The van der Waals surface area contributed by atoms with Gasteiger partial charge in [0.05, 0.1) is 11.9 Å². The first-order valence-electron chi connectivity index (χ1n) is 8.39. The van der Waals surface area contributed by atoms with Crippen LogP contribution in [0.5, 0.6) is 11.5 Å². The molecule has 126 valence electrons. The summed E-state index contributed by atoms with van der Waals surface area (Å²) in [5, 5.41) is 6.91. The monoisotopic (exact) mass is 333 g/mol. The number of nitrogens with one attached hydrogen (secondary N) is 1. The topological polar surface area (TPSA) is 58.2 Å². The normalized spacial score (nSPS) is 16.4. The minimum atomic E-state index is 0.189. The first-order valence-corrected chi connectivity index (χ1v) is 8.39. The van der Waals surface area contributed by atoms with Crippen molar-refractivity contribution in [1.82, 2.24) is 10.2 Å². The van der Waals surface area contributed by atoms with Crippen LogP contribution in [0.4, 0.5) is 5.69 Å². The van der Waals surface area contributed by atoms with E-state index < -0.39 is 0 Å². The van der Waals surface area contributed by atoms with E-state index in [0.29, 0.717) is 0 Å². The fourth-order valence-electron chi connectivity index (χ4n) is 3.34. The van der Waals surface area contributed by atoms with Crippen LogP contribution in [-0.4, -0.2) is 22.6 Å². The van der Waals surface area contributed by atoms with Gasteiger partial charge in [-0.05, 0) is 44.0 Å². The van der Waals surface area contributed by atoms with Crippen molar-refractivity contribution in [1.29, 1.82) is 0 Å². The second-order valence-corrected chi connectivity index (χ2v) is 6.24. The maximum absolute atomic E-state index is 11.6. The number of aromatic amines is 1. The number of benzene rings is 2. The van der Waals surface area contributed by atoms with E-state index in [4.69, 9.17) is 4.74 Å². The third-order valence-electron chi connectivity index (χ3n) is 4.69. The van der Waals surface area contributed by atoms with Crippen LogP contribution in [0.1, 0.15) is 18.9 Å². The average molecular weight is 333 g/mol. The van der Waals surface area contributed by atoms with Crippen molar-refractivity contribution in [3.63, 3.8) is 0 Å². The molecule has 5 heteroatoms. The number of para-hydroxylation sites is 1. The molecule has 0 spiro atoms. The zero-order valence-electron chi connectivity index (χ0n) is 14.0. The molecule has 2 aromatic carbocycles. The fourth-order valence-corrected chi connectivity index (χ4v) is 3.34. The van der Waals surface area contributed by atoms with Gasteiger partial charge in [0.25, 0.3) is 0 Å². The lowest BCUT2D eigenvalue weighted by Gasteiger charge is -2.33. The highest BCUT2D eigenvalue weighted by atomic mass is 16.5. The van der Waals surface area contributed by atoms with E-state index in [9.17, 15) is 4.79 Å². The summed E-state index contributed by atoms with van der Waals surface area (Å²) in [6.45, 7) is 2.07. The van der Waals surface area contributed by atoms with Gasteiger partial charge < -0.3 is 9.64 Å². The molecule has 1 aromatic heterocycles. The van der Waals surface area contributed by atoms with E-state index >= 15 is 0 Å². The lowest BCUT2D eigenvalue weighted by atomic mass is 9.92. The smallest absolute Gasteiger partial charge is 0.214 e. The van der Waals surface area contributed by atoms with Crippen LogP contribution in [0.3, 0.4) is 0 Å². The summed E-state index contributed by atoms with van der Waals surface area (Å²) in [6, 6.07) is 13.9. The van der Waals surface area contributed by atoms with Crippen molar-refractivity contribution >= 4 is 12.1 Å². The number of anilines is 1. The van der Waals surface area contributed by atoms with E-state index in [1.54, 1.807) is 11.1 Å². The van der Waals surface area contributed by atoms with Crippen LogP contribution in [0, 0.1) is 0 Å². The zero-order chi connectivity index (χ0) is 17.2. The van der Waals surface area contributed by atoms with Crippen LogP contribution in [0.2, 0.25) is 0 Å². The zero-order valence-corrected chi connectivity index (χ0v) is 14.0. The van der Waals surface area contributed by atoms with Crippen LogP contribution in [0.25, 0.3) is 11.1 Å². The number of carbonyl (C=O) groups excluding carboxylic acids is 1. The van der Waals surface area contributed by atoms with Crippen molar-refractivity contribution in [3.05, 3.63) is 60.4 Å². The number of amides is 1. The first kappa shape index (κ1) is 15.4. The Kier molecular flexibility index (Phi) is 3.98. The molecule has 3 aromatic rings. The van der Waals surface area contributed by atoms with Crippen molar-refractivity contribution in [3.8, 4) is 22.6 Å². The first-order chi connectivity index (χ1) is 12.3. The number of carbonyl (C=O) groups is 1. The molecule has 1 N–H and O–H groups in total. The van der Waals surface area contributed by atoms with E-state index in [0.717, 1.165) is 53.1 Å². The van der Waals surface area contributed by atoms with Crippen LogP contribution in [0.15, 0.2) is 54.9 Å². The quantitative estimate of drug-likeness (QED) is 0.729. The maximum Gasteiger partial charge on any atom is 0.214 e. The molecule has 0 saturated carbocycles. The molecule has 0 fully saturated rings. The Labute approximate surface area is 146 Å². The van der Waals surface area contributed by atoms with Crippen molar-refractivity contribution in [2.45, 2.75) is 25.8 Å². The molecule has 1 aliphatic heterocycles. The van der Waals surface area contributed by atoms with Gasteiger partial charge in [-0.15, -0.1) is 0 Å². The van der Waals surface area contributed by atoms with Crippen molar-refractivity contribution < 1.29 is 9.53 Å². The molecule has 1 unspecified atom stereocenters. The Balaban J connectivity index is 1.88. The maximum atomic E-state index is 11.6. The molecular formula is C20H19N3O2. The van der Waals surface area contributed by atoms with Gasteiger partial charge in [-0.2, -0.15) is 5.10 Å². The van der Waals surface area contributed by atoms with Gasteiger partial charge in [0.1, 0.15) is 11.5 Å². The highest BCUT2D eigenvalue weighted by Crippen LogP contribution is 2.44. The Morgan fingerprint density at radius 3 is 2.80 bits per heavy atom. The van der Waals surface area contributed by atoms with E-state index in [1.807, 2.05) is 48.7 Å². The number of H-pyrrole nitrogens is 1. The number of rotatable bonds is 4. The van der Waals surface area contributed by atoms with Gasteiger partial charge in [0.15, 0.2) is 0 Å². The number of aromatic nitrogens is 2.